The van der Waals surface area contributed by atoms with E-state index in [2.05, 4.69) is 25.8 Å². The van der Waals surface area contributed by atoms with Crippen molar-refractivity contribution in [1.29, 1.82) is 0 Å². The molecule has 1 saturated carbocycles. The maximum Gasteiger partial charge on any atom is 0.120 e. The molecule has 2 rings (SSSR count). The summed E-state index contributed by atoms with van der Waals surface area (Å²) in [6.07, 6.45) is 5.17. The second kappa shape index (κ2) is 5.31. The highest BCUT2D eigenvalue weighted by atomic mass is 16.3. The molecule has 1 aliphatic carbocycles. The SMILES string of the molecule is CN(Cc1ccccc1O)C1CCC(C)(C)CC1. The van der Waals surface area contributed by atoms with Crippen LogP contribution in [0.15, 0.2) is 24.3 Å². The number of nitrogens with zero attached hydrogens (tertiary/aromatic N) is 1. The molecule has 2 heteroatoms. The minimum Gasteiger partial charge on any atom is -0.508 e. The van der Waals surface area contributed by atoms with Crippen molar-refractivity contribution in [1.82, 2.24) is 4.90 Å². The summed E-state index contributed by atoms with van der Waals surface area (Å²) >= 11 is 0. The van der Waals surface area contributed by atoms with Crippen LogP contribution in [0.4, 0.5) is 0 Å². The number of phenols is 1. The fourth-order valence-electron chi connectivity index (χ4n) is 2.87. The maximum atomic E-state index is 9.81. The summed E-state index contributed by atoms with van der Waals surface area (Å²) in [5.74, 6) is 0.417. The topological polar surface area (TPSA) is 23.5 Å². The quantitative estimate of drug-likeness (QED) is 0.878. The number of para-hydroxylation sites is 1. The first kappa shape index (κ1) is 13.4. The zero-order chi connectivity index (χ0) is 13.2. The highest BCUT2D eigenvalue weighted by Crippen LogP contribution is 2.37. The van der Waals surface area contributed by atoms with Crippen molar-refractivity contribution in [2.75, 3.05) is 7.05 Å². The van der Waals surface area contributed by atoms with Gasteiger partial charge in [-0.1, -0.05) is 32.0 Å². The van der Waals surface area contributed by atoms with Gasteiger partial charge in [-0.05, 0) is 44.2 Å². The van der Waals surface area contributed by atoms with Gasteiger partial charge in [-0.25, -0.2) is 0 Å². The molecule has 0 amide bonds. The molecule has 2 nitrogen and oxygen atoms in total. The van der Waals surface area contributed by atoms with E-state index in [0.29, 0.717) is 17.2 Å². The molecule has 0 atom stereocenters. The lowest BCUT2D eigenvalue weighted by Gasteiger charge is -2.38. The molecule has 0 aliphatic heterocycles. The molecule has 1 aromatic carbocycles. The fraction of sp³-hybridized carbons (Fsp3) is 0.625. The lowest BCUT2D eigenvalue weighted by atomic mass is 9.75. The summed E-state index contributed by atoms with van der Waals surface area (Å²) in [5.41, 5.74) is 1.55. The summed E-state index contributed by atoms with van der Waals surface area (Å²) < 4.78 is 0. The third-order valence-corrected chi connectivity index (χ3v) is 4.34. The molecule has 0 unspecified atom stereocenters. The zero-order valence-corrected chi connectivity index (χ0v) is 11.8. The Morgan fingerprint density at radius 1 is 1.22 bits per heavy atom. The normalized spacial score (nSPS) is 20.2. The van der Waals surface area contributed by atoms with Gasteiger partial charge in [-0.15, -0.1) is 0 Å². The average Bonchev–Trinajstić information content (AvgIpc) is 2.32. The van der Waals surface area contributed by atoms with E-state index in [-0.39, 0.29) is 0 Å². The summed E-state index contributed by atoms with van der Waals surface area (Å²) in [5, 5.41) is 9.81. The highest BCUT2D eigenvalue weighted by Gasteiger charge is 2.28. The van der Waals surface area contributed by atoms with Crippen LogP contribution < -0.4 is 0 Å². The van der Waals surface area contributed by atoms with Crippen molar-refractivity contribution in [3.05, 3.63) is 29.8 Å². The lowest BCUT2D eigenvalue weighted by Crippen LogP contribution is -2.36. The van der Waals surface area contributed by atoms with Gasteiger partial charge >= 0.3 is 0 Å². The van der Waals surface area contributed by atoms with Crippen molar-refractivity contribution in [3.8, 4) is 5.75 Å². The van der Waals surface area contributed by atoms with E-state index in [9.17, 15) is 5.11 Å². The number of phenolic OH excluding ortho intramolecular Hbond substituents is 1. The van der Waals surface area contributed by atoms with Crippen LogP contribution in [0.25, 0.3) is 0 Å². The number of benzene rings is 1. The van der Waals surface area contributed by atoms with Gasteiger partial charge in [0.2, 0.25) is 0 Å². The van der Waals surface area contributed by atoms with Crippen LogP contribution in [-0.4, -0.2) is 23.1 Å². The average molecular weight is 247 g/mol. The van der Waals surface area contributed by atoms with Gasteiger partial charge in [0.15, 0.2) is 0 Å². The van der Waals surface area contributed by atoms with Crippen molar-refractivity contribution in [2.45, 2.75) is 52.1 Å². The highest BCUT2D eigenvalue weighted by molar-refractivity contribution is 5.31. The van der Waals surface area contributed by atoms with E-state index >= 15 is 0 Å². The van der Waals surface area contributed by atoms with Crippen LogP contribution in [0.2, 0.25) is 0 Å². The smallest absolute Gasteiger partial charge is 0.120 e. The summed E-state index contributed by atoms with van der Waals surface area (Å²) in [6, 6.07) is 8.32. The molecular weight excluding hydrogens is 222 g/mol. The second-order valence-corrected chi connectivity index (χ2v) is 6.44. The maximum absolute atomic E-state index is 9.81. The molecular formula is C16H25NO. The molecule has 0 radical (unpaired) electrons. The van der Waals surface area contributed by atoms with E-state index in [1.807, 2.05) is 18.2 Å². The van der Waals surface area contributed by atoms with Gasteiger partial charge in [-0.2, -0.15) is 0 Å². The molecule has 1 N–H and O–H groups in total. The lowest BCUT2D eigenvalue weighted by molar-refractivity contribution is 0.122. The Bertz CT molecular complexity index is 390. The van der Waals surface area contributed by atoms with Crippen molar-refractivity contribution in [3.63, 3.8) is 0 Å². The zero-order valence-electron chi connectivity index (χ0n) is 11.8. The van der Waals surface area contributed by atoms with Crippen LogP contribution in [0.5, 0.6) is 5.75 Å². The largest absolute Gasteiger partial charge is 0.508 e. The monoisotopic (exact) mass is 247 g/mol. The molecule has 0 saturated heterocycles. The summed E-state index contributed by atoms with van der Waals surface area (Å²) in [7, 11) is 2.18. The third kappa shape index (κ3) is 3.26. The Hall–Kier alpha value is -1.02. The predicted octanol–water partition coefficient (Wildman–Crippen LogP) is 3.79. The van der Waals surface area contributed by atoms with Crippen LogP contribution in [0.3, 0.4) is 0 Å². The first-order chi connectivity index (χ1) is 8.48. The van der Waals surface area contributed by atoms with E-state index in [1.165, 1.54) is 25.7 Å². The van der Waals surface area contributed by atoms with Gasteiger partial charge in [0.25, 0.3) is 0 Å². The molecule has 0 spiro atoms. The molecule has 18 heavy (non-hydrogen) atoms. The van der Waals surface area contributed by atoms with Crippen LogP contribution in [0.1, 0.15) is 45.1 Å². The molecule has 1 fully saturated rings. The van der Waals surface area contributed by atoms with Gasteiger partial charge in [-0.3, -0.25) is 4.90 Å². The Morgan fingerprint density at radius 3 is 2.44 bits per heavy atom. The summed E-state index contributed by atoms with van der Waals surface area (Å²) in [4.78, 5) is 2.39. The standard InChI is InChI=1S/C16H25NO/c1-16(2)10-8-14(9-11-16)17(3)12-13-6-4-5-7-15(13)18/h4-7,14,18H,8-12H2,1-3H3. The molecule has 0 bridgehead atoms. The van der Waals surface area contributed by atoms with Crippen molar-refractivity contribution >= 4 is 0 Å². The van der Waals surface area contributed by atoms with Crippen molar-refractivity contribution < 1.29 is 5.11 Å². The van der Waals surface area contributed by atoms with E-state index in [1.54, 1.807) is 6.07 Å². The predicted molar refractivity (Wildman–Crippen MR) is 75.6 cm³/mol. The number of hydrogen-bond acceptors (Lipinski definition) is 2. The van der Waals surface area contributed by atoms with Gasteiger partial charge < -0.3 is 5.11 Å². The van der Waals surface area contributed by atoms with Crippen molar-refractivity contribution in [2.24, 2.45) is 5.41 Å². The van der Waals surface area contributed by atoms with Crippen LogP contribution >= 0.6 is 0 Å². The molecule has 1 aliphatic rings. The summed E-state index contributed by atoms with van der Waals surface area (Å²) in [6.45, 7) is 5.58. The molecule has 1 aromatic rings. The Balaban J connectivity index is 1.93. The Labute approximate surface area is 111 Å². The van der Waals surface area contributed by atoms with Crippen LogP contribution in [-0.2, 0) is 6.54 Å². The Kier molecular flexibility index (Phi) is 3.96. The second-order valence-electron chi connectivity index (χ2n) is 6.44. The molecule has 0 aromatic heterocycles. The fourth-order valence-corrected chi connectivity index (χ4v) is 2.87. The van der Waals surface area contributed by atoms with E-state index in [0.717, 1.165) is 12.1 Å². The number of rotatable bonds is 3. The van der Waals surface area contributed by atoms with E-state index in [4.69, 9.17) is 0 Å². The first-order valence-corrected chi connectivity index (χ1v) is 6.95. The van der Waals surface area contributed by atoms with Gasteiger partial charge in [0.05, 0.1) is 0 Å². The van der Waals surface area contributed by atoms with Gasteiger partial charge in [0, 0.05) is 18.2 Å². The molecule has 0 heterocycles. The number of aromatic hydroxyl groups is 1. The minimum atomic E-state index is 0.417. The molecule has 100 valence electrons. The van der Waals surface area contributed by atoms with E-state index < -0.39 is 0 Å². The number of hydrogen-bond donors (Lipinski definition) is 1. The van der Waals surface area contributed by atoms with Crippen LogP contribution in [0, 0.1) is 5.41 Å². The van der Waals surface area contributed by atoms with Gasteiger partial charge in [0.1, 0.15) is 5.75 Å². The first-order valence-electron chi connectivity index (χ1n) is 6.95. The Morgan fingerprint density at radius 2 is 1.83 bits per heavy atom. The minimum absolute atomic E-state index is 0.417. The third-order valence-electron chi connectivity index (χ3n) is 4.34.